The Hall–Kier alpha value is -2.80. The molecular weight excluding hydrogens is 453 g/mol. The maximum atomic E-state index is 13.0. The Labute approximate surface area is 201 Å². The molecule has 1 amide bonds. The second-order valence-electron chi connectivity index (χ2n) is 7.27. The molecule has 0 bridgehead atoms. The van der Waals surface area contributed by atoms with Gasteiger partial charge in [-0.3, -0.25) is 9.69 Å². The molecule has 2 heterocycles. The van der Waals surface area contributed by atoms with Crippen molar-refractivity contribution in [3.63, 3.8) is 0 Å². The number of amides is 1. The number of carbonyl (C=O) groups is 1. The number of hydrogen-bond donors (Lipinski definition) is 0. The second-order valence-corrected chi connectivity index (χ2v) is 10.0. The molecule has 3 aromatic carbocycles. The van der Waals surface area contributed by atoms with E-state index in [-0.39, 0.29) is 5.91 Å². The largest absolute Gasteiger partial charge is 0.335 e. The first-order valence-electron chi connectivity index (χ1n) is 10.3. The molecule has 1 saturated heterocycles. The van der Waals surface area contributed by atoms with Gasteiger partial charge in [0.25, 0.3) is 5.91 Å². The van der Waals surface area contributed by atoms with Gasteiger partial charge in [0.05, 0.1) is 21.3 Å². The van der Waals surface area contributed by atoms with Crippen LogP contribution in [0.1, 0.15) is 6.92 Å². The molecule has 2 aliphatic heterocycles. The minimum atomic E-state index is -0.0713. The van der Waals surface area contributed by atoms with E-state index in [1.165, 1.54) is 33.5 Å². The highest BCUT2D eigenvalue weighted by Gasteiger charge is 2.33. The number of para-hydroxylation sites is 1. The summed E-state index contributed by atoms with van der Waals surface area (Å²) in [7, 11) is 0. The van der Waals surface area contributed by atoms with Gasteiger partial charge in [-0.2, -0.15) is 0 Å². The third kappa shape index (κ3) is 3.90. The van der Waals surface area contributed by atoms with Crippen LogP contribution >= 0.6 is 35.7 Å². The van der Waals surface area contributed by atoms with Crippen LogP contribution in [0.25, 0.3) is 11.1 Å². The molecule has 0 N–H and O–H groups in total. The van der Waals surface area contributed by atoms with Crippen LogP contribution in [0.15, 0.2) is 106 Å². The Morgan fingerprint density at radius 1 is 0.875 bits per heavy atom. The van der Waals surface area contributed by atoms with E-state index < -0.39 is 0 Å². The van der Waals surface area contributed by atoms with Crippen molar-refractivity contribution in [2.45, 2.75) is 11.8 Å². The maximum Gasteiger partial charge on any atom is 0.270 e. The van der Waals surface area contributed by atoms with Gasteiger partial charge in [-0.05, 0) is 54.5 Å². The zero-order chi connectivity index (χ0) is 22.1. The molecule has 6 heteroatoms. The van der Waals surface area contributed by atoms with Crippen molar-refractivity contribution in [1.29, 1.82) is 0 Å². The summed E-state index contributed by atoms with van der Waals surface area (Å²) in [5.41, 5.74) is 4.42. The minimum Gasteiger partial charge on any atom is -0.335 e. The Balaban J connectivity index is 1.42. The van der Waals surface area contributed by atoms with Crippen molar-refractivity contribution in [3.05, 3.63) is 101 Å². The normalized spacial score (nSPS) is 18.2. The Morgan fingerprint density at radius 2 is 1.59 bits per heavy atom. The molecule has 0 spiro atoms. The smallest absolute Gasteiger partial charge is 0.270 e. The number of thiocarbonyl (C=S) groups is 1. The van der Waals surface area contributed by atoms with Gasteiger partial charge >= 0.3 is 0 Å². The molecule has 3 nitrogen and oxygen atoms in total. The Kier molecular flexibility index (Phi) is 5.91. The number of allylic oxidation sites excluding steroid dienone is 2. The fraction of sp³-hybridized carbons (Fsp3) is 0.0769. The predicted octanol–water partition coefficient (Wildman–Crippen LogP) is 7.08. The van der Waals surface area contributed by atoms with Crippen LogP contribution in [0.3, 0.4) is 0 Å². The summed E-state index contributed by atoms with van der Waals surface area (Å²) in [4.78, 5) is 18.8. The van der Waals surface area contributed by atoms with Crippen LogP contribution in [0.2, 0.25) is 0 Å². The van der Waals surface area contributed by atoms with E-state index in [9.17, 15) is 4.79 Å². The highest BCUT2D eigenvalue weighted by Crippen LogP contribution is 2.47. The van der Waals surface area contributed by atoms with Crippen molar-refractivity contribution in [2.24, 2.45) is 0 Å². The first-order valence-corrected chi connectivity index (χ1v) is 12.4. The summed E-state index contributed by atoms with van der Waals surface area (Å²) in [6.45, 7) is 3.00. The number of benzene rings is 3. The molecule has 158 valence electrons. The van der Waals surface area contributed by atoms with Gasteiger partial charge in [0, 0.05) is 11.4 Å². The quantitative estimate of drug-likeness (QED) is 0.298. The molecule has 3 aromatic rings. The van der Waals surface area contributed by atoms with Gasteiger partial charge in [0.1, 0.15) is 0 Å². The number of rotatable bonds is 4. The average molecular weight is 473 g/mol. The second kappa shape index (κ2) is 8.98. The van der Waals surface area contributed by atoms with E-state index in [2.05, 4.69) is 54.3 Å². The topological polar surface area (TPSA) is 23.6 Å². The lowest BCUT2D eigenvalue weighted by Crippen LogP contribution is -2.27. The van der Waals surface area contributed by atoms with Crippen molar-refractivity contribution in [2.75, 3.05) is 16.3 Å². The van der Waals surface area contributed by atoms with Crippen LogP contribution in [-0.4, -0.2) is 16.8 Å². The lowest BCUT2D eigenvalue weighted by atomic mass is 10.0. The summed E-state index contributed by atoms with van der Waals surface area (Å²) in [6, 6.07) is 26.6. The molecule has 0 aromatic heterocycles. The minimum absolute atomic E-state index is 0.0713. The number of anilines is 2. The molecule has 0 radical (unpaired) electrons. The summed E-state index contributed by atoms with van der Waals surface area (Å²) in [5, 5.41) is 1.11. The monoisotopic (exact) mass is 472 g/mol. The van der Waals surface area contributed by atoms with E-state index in [1.807, 2.05) is 48.6 Å². The van der Waals surface area contributed by atoms with Gasteiger partial charge < -0.3 is 4.90 Å². The fourth-order valence-electron chi connectivity index (χ4n) is 3.79. The van der Waals surface area contributed by atoms with Crippen LogP contribution < -0.4 is 9.80 Å². The molecule has 0 unspecified atom stereocenters. The van der Waals surface area contributed by atoms with Gasteiger partial charge in [0.15, 0.2) is 4.32 Å². The van der Waals surface area contributed by atoms with Gasteiger partial charge in [-0.25, -0.2) is 0 Å². The average Bonchev–Trinajstić information content (AvgIpc) is 3.33. The standard InChI is InChI=1S/C26H20N2OS3/c1-2-27-21-17-19(18-9-5-3-6-10-18)13-14-22(21)31-24(27)16-15-23-25(29)28(26(30)32-23)20-11-7-4-8-12-20/h3-17H,2H2,1H3/b23-15-,24-16-. The predicted molar refractivity (Wildman–Crippen MR) is 141 cm³/mol. The van der Waals surface area contributed by atoms with E-state index >= 15 is 0 Å². The van der Waals surface area contributed by atoms with E-state index in [0.29, 0.717) is 9.23 Å². The first kappa shape index (κ1) is 21.1. The third-order valence-corrected chi connectivity index (χ3v) is 7.79. The number of hydrogen-bond acceptors (Lipinski definition) is 5. The highest BCUT2D eigenvalue weighted by molar-refractivity contribution is 8.27. The Morgan fingerprint density at radius 3 is 2.31 bits per heavy atom. The van der Waals surface area contributed by atoms with Gasteiger partial charge in [-0.1, -0.05) is 90.3 Å². The molecule has 5 rings (SSSR count). The SMILES string of the molecule is CCN1/C(=C/C=C2\SC(=S)N(c3ccccc3)C2=O)Sc2ccc(-c3ccccc3)cc21. The molecule has 0 saturated carbocycles. The zero-order valence-corrected chi connectivity index (χ0v) is 19.8. The first-order chi connectivity index (χ1) is 15.7. The summed E-state index contributed by atoms with van der Waals surface area (Å²) in [5.74, 6) is -0.0713. The van der Waals surface area contributed by atoms with Crippen LogP contribution in [0.5, 0.6) is 0 Å². The van der Waals surface area contributed by atoms with Crippen LogP contribution in [-0.2, 0) is 4.79 Å². The fourth-order valence-corrected chi connectivity index (χ4v) is 6.14. The van der Waals surface area contributed by atoms with E-state index in [0.717, 1.165) is 17.3 Å². The molecule has 32 heavy (non-hydrogen) atoms. The summed E-state index contributed by atoms with van der Waals surface area (Å²) < 4.78 is 0.563. The van der Waals surface area contributed by atoms with Gasteiger partial charge in [-0.15, -0.1) is 0 Å². The molecule has 0 atom stereocenters. The number of carbonyl (C=O) groups excluding carboxylic acids is 1. The van der Waals surface area contributed by atoms with Crippen molar-refractivity contribution in [3.8, 4) is 11.1 Å². The van der Waals surface area contributed by atoms with Crippen LogP contribution in [0, 0.1) is 0 Å². The maximum absolute atomic E-state index is 13.0. The number of thioether (sulfide) groups is 2. The van der Waals surface area contributed by atoms with Crippen LogP contribution in [0.4, 0.5) is 11.4 Å². The molecule has 2 aliphatic rings. The number of nitrogens with zero attached hydrogens (tertiary/aromatic N) is 2. The number of fused-ring (bicyclic) bond motifs is 1. The molecule has 1 fully saturated rings. The lowest BCUT2D eigenvalue weighted by Gasteiger charge is -2.18. The summed E-state index contributed by atoms with van der Waals surface area (Å²) in [6.07, 6.45) is 3.94. The van der Waals surface area contributed by atoms with Gasteiger partial charge in [0.2, 0.25) is 0 Å². The highest BCUT2D eigenvalue weighted by atomic mass is 32.2. The molecule has 0 aliphatic carbocycles. The lowest BCUT2D eigenvalue weighted by molar-refractivity contribution is -0.113. The Bertz CT molecular complexity index is 1250. The third-order valence-electron chi connectivity index (χ3n) is 5.34. The summed E-state index contributed by atoms with van der Waals surface area (Å²) >= 11 is 8.56. The van der Waals surface area contributed by atoms with E-state index in [4.69, 9.17) is 12.2 Å². The zero-order valence-electron chi connectivity index (χ0n) is 17.4. The van der Waals surface area contributed by atoms with Crippen molar-refractivity contribution in [1.82, 2.24) is 0 Å². The van der Waals surface area contributed by atoms with E-state index in [1.54, 1.807) is 16.7 Å². The van der Waals surface area contributed by atoms with Crippen molar-refractivity contribution < 1.29 is 4.79 Å². The molecular formula is C26H20N2OS3. The van der Waals surface area contributed by atoms with Crippen molar-refractivity contribution >= 4 is 57.3 Å².